The average molecular weight is 532 g/mol. The Hall–Kier alpha value is -4.50. The van der Waals surface area contributed by atoms with Gasteiger partial charge < -0.3 is 24.8 Å². The van der Waals surface area contributed by atoms with Crippen LogP contribution in [0.4, 0.5) is 11.6 Å². The Morgan fingerprint density at radius 3 is 2.63 bits per heavy atom. The van der Waals surface area contributed by atoms with Crippen LogP contribution < -0.4 is 24.8 Å². The van der Waals surface area contributed by atoms with Crippen LogP contribution in [0.15, 0.2) is 84.3 Å². The van der Waals surface area contributed by atoms with Crippen molar-refractivity contribution in [1.82, 2.24) is 14.8 Å². The van der Waals surface area contributed by atoms with E-state index in [1.807, 2.05) is 55.5 Å². The van der Waals surface area contributed by atoms with E-state index in [1.165, 1.54) is 13.4 Å². The molecule has 194 valence electrons. The molecule has 1 aromatic heterocycles. The first-order valence-corrected chi connectivity index (χ1v) is 12.2. The molecule has 0 saturated carbocycles. The average Bonchev–Trinajstić information content (AvgIpc) is 3.40. The third-order valence-electron chi connectivity index (χ3n) is 6.25. The molecule has 3 aromatic carbocycles. The zero-order chi connectivity index (χ0) is 26.6. The Morgan fingerprint density at radius 1 is 1.05 bits per heavy atom. The minimum Gasteiger partial charge on any atom is -0.497 e. The molecule has 0 unspecified atom stereocenters. The van der Waals surface area contributed by atoms with E-state index in [0.29, 0.717) is 45.2 Å². The standard InChI is InChI=1S/C28H26ClN5O4/c1-17-25(27(35)33-22-13-12-19(36-2)14-24(22)37-3)26(34-28(32-17)30-16-31-34)20-9-5-7-11-23(20)38-15-18-8-4-6-10-21(18)29/h4-14,16,26H,15H2,1-3H3,(H,33,35)(H,30,31,32)/t26-/m0/s1. The number of methoxy groups -OCH3 is 2. The van der Waals surface area contributed by atoms with Crippen molar-refractivity contribution in [2.75, 3.05) is 24.9 Å². The molecular weight excluding hydrogens is 506 g/mol. The van der Waals surface area contributed by atoms with Gasteiger partial charge in [-0.25, -0.2) is 4.68 Å². The monoisotopic (exact) mass is 531 g/mol. The summed E-state index contributed by atoms with van der Waals surface area (Å²) in [4.78, 5) is 18.2. The van der Waals surface area contributed by atoms with Crippen molar-refractivity contribution in [3.05, 3.63) is 100 Å². The van der Waals surface area contributed by atoms with Gasteiger partial charge in [0.2, 0.25) is 5.95 Å². The molecule has 38 heavy (non-hydrogen) atoms. The Morgan fingerprint density at radius 2 is 1.84 bits per heavy atom. The highest BCUT2D eigenvalue weighted by atomic mass is 35.5. The van der Waals surface area contributed by atoms with Crippen LogP contribution in [-0.2, 0) is 11.4 Å². The van der Waals surface area contributed by atoms with Crippen LogP contribution >= 0.6 is 11.6 Å². The topological polar surface area (TPSA) is 99.5 Å². The molecule has 2 N–H and O–H groups in total. The van der Waals surface area contributed by atoms with Gasteiger partial charge in [0.15, 0.2) is 0 Å². The number of aromatic nitrogens is 3. The molecule has 0 bridgehead atoms. The molecule has 4 aromatic rings. The molecule has 0 radical (unpaired) electrons. The zero-order valence-corrected chi connectivity index (χ0v) is 21.8. The highest BCUT2D eigenvalue weighted by Gasteiger charge is 2.35. The van der Waals surface area contributed by atoms with Crippen molar-refractivity contribution < 1.29 is 19.0 Å². The summed E-state index contributed by atoms with van der Waals surface area (Å²) < 4.78 is 18.7. The minimum absolute atomic E-state index is 0.263. The lowest BCUT2D eigenvalue weighted by Crippen LogP contribution is -2.31. The SMILES string of the molecule is COc1ccc(NC(=O)C2=C(C)Nc3ncnn3[C@H]2c2ccccc2OCc2ccccc2Cl)c(OC)c1. The maximum absolute atomic E-state index is 13.8. The summed E-state index contributed by atoms with van der Waals surface area (Å²) in [6.45, 7) is 2.09. The summed E-state index contributed by atoms with van der Waals surface area (Å²) >= 11 is 6.35. The van der Waals surface area contributed by atoms with Crippen LogP contribution in [0, 0.1) is 0 Å². The number of amides is 1. The first kappa shape index (κ1) is 25.2. The van der Waals surface area contributed by atoms with Crippen LogP contribution in [0.25, 0.3) is 0 Å². The third kappa shape index (κ3) is 4.88. The van der Waals surface area contributed by atoms with Crippen LogP contribution in [0.3, 0.4) is 0 Å². The van der Waals surface area contributed by atoms with Crippen molar-refractivity contribution in [3.8, 4) is 17.2 Å². The van der Waals surface area contributed by atoms with Gasteiger partial charge in [-0.3, -0.25) is 4.79 Å². The number of hydrogen-bond acceptors (Lipinski definition) is 7. The summed E-state index contributed by atoms with van der Waals surface area (Å²) in [6.07, 6.45) is 1.45. The molecule has 9 nitrogen and oxygen atoms in total. The fourth-order valence-corrected chi connectivity index (χ4v) is 4.56. The molecule has 0 saturated heterocycles. The lowest BCUT2D eigenvalue weighted by Gasteiger charge is -2.30. The lowest BCUT2D eigenvalue weighted by molar-refractivity contribution is -0.113. The molecule has 10 heteroatoms. The van der Waals surface area contributed by atoms with Crippen molar-refractivity contribution in [3.63, 3.8) is 0 Å². The van der Waals surface area contributed by atoms with Crippen LogP contribution in [0.1, 0.15) is 24.1 Å². The number of allylic oxidation sites excluding steroid dienone is 1. The number of nitrogens with zero attached hydrogens (tertiary/aromatic N) is 3. The summed E-state index contributed by atoms with van der Waals surface area (Å²) in [5.74, 6) is 1.88. The Labute approximate surface area is 225 Å². The van der Waals surface area contributed by atoms with Gasteiger partial charge in [0.1, 0.15) is 36.2 Å². The number of halogens is 1. The predicted octanol–water partition coefficient (Wildman–Crippen LogP) is 5.46. The first-order valence-electron chi connectivity index (χ1n) is 11.9. The maximum atomic E-state index is 13.8. The van der Waals surface area contributed by atoms with E-state index in [4.69, 9.17) is 25.8 Å². The highest BCUT2D eigenvalue weighted by molar-refractivity contribution is 6.31. The Bertz CT molecular complexity index is 1520. The van der Waals surface area contributed by atoms with E-state index in [1.54, 1.807) is 30.0 Å². The normalized spacial score (nSPS) is 14.4. The minimum atomic E-state index is -0.611. The van der Waals surface area contributed by atoms with Crippen molar-refractivity contribution in [2.24, 2.45) is 0 Å². The number of carbonyl (C=O) groups is 1. The van der Waals surface area contributed by atoms with Crippen molar-refractivity contribution in [1.29, 1.82) is 0 Å². The van der Waals surface area contributed by atoms with Crippen molar-refractivity contribution >= 4 is 29.1 Å². The highest BCUT2D eigenvalue weighted by Crippen LogP contribution is 2.40. The molecule has 0 fully saturated rings. The first-order chi connectivity index (χ1) is 18.5. The Kier molecular flexibility index (Phi) is 7.19. The molecule has 1 aliphatic rings. The number of rotatable bonds is 8. The molecular formula is C28H26ClN5O4. The van der Waals surface area contributed by atoms with Crippen LogP contribution in [0.5, 0.6) is 17.2 Å². The summed E-state index contributed by atoms with van der Waals surface area (Å²) in [5, 5.41) is 11.2. The van der Waals surface area contributed by atoms with Gasteiger partial charge in [0, 0.05) is 27.9 Å². The van der Waals surface area contributed by atoms with Crippen LogP contribution in [0.2, 0.25) is 5.02 Å². The van der Waals surface area contributed by atoms with Gasteiger partial charge in [0.25, 0.3) is 5.91 Å². The summed E-state index contributed by atoms with van der Waals surface area (Å²) in [6, 6.07) is 19.7. The van der Waals surface area contributed by atoms with E-state index in [2.05, 4.69) is 20.7 Å². The molecule has 1 aliphatic heterocycles. The lowest BCUT2D eigenvalue weighted by atomic mass is 9.94. The predicted molar refractivity (Wildman–Crippen MR) is 145 cm³/mol. The van der Waals surface area contributed by atoms with Gasteiger partial charge in [-0.05, 0) is 31.2 Å². The quantitative estimate of drug-likeness (QED) is 0.311. The zero-order valence-electron chi connectivity index (χ0n) is 21.1. The van der Waals surface area contributed by atoms with Gasteiger partial charge in [-0.2, -0.15) is 10.1 Å². The number of carbonyl (C=O) groups excluding carboxylic acids is 1. The van der Waals surface area contributed by atoms with E-state index >= 15 is 0 Å². The van der Waals surface area contributed by atoms with E-state index in [9.17, 15) is 4.79 Å². The maximum Gasteiger partial charge on any atom is 0.255 e. The van der Waals surface area contributed by atoms with Gasteiger partial charge in [0.05, 0.1) is 25.5 Å². The molecule has 1 amide bonds. The number of anilines is 2. The second-order valence-electron chi connectivity index (χ2n) is 8.53. The second kappa shape index (κ2) is 10.9. The smallest absolute Gasteiger partial charge is 0.255 e. The molecule has 0 spiro atoms. The summed E-state index contributed by atoms with van der Waals surface area (Å²) in [5.41, 5.74) is 3.20. The fraction of sp³-hybridized carbons (Fsp3) is 0.179. The molecule has 2 heterocycles. The van der Waals surface area contributed by atoms with Crippen LogP contribution in [-0.4, -0.2) is 34.9 Å². The number of para-hydroxylation sites is 1. The van der Waals surface area contributed by atoms with E-state index < -0.39 is 6.04 Å². The van der Waals surface area contributed by atoms with E-state index in [0.717, 1.165) is 11.1 Å². The van der Waals surface area contributed by atoms with E-state index in [-0.39, 0.29) is 12.5 Å². The number of nitrogens with one attached hydrogen (secondary N) is 2. The fourth-order valence-electron chi connectivity index (χ4n) is 4.37. The second-order valence-corrected chi connectivity index (χ2v) is 8.94. The molecule has 0 aliphatic carbocycles. The number of benzene rings is 3. The van der Waals surface area contributed by atoms with Gasteiger partial charge >= 0.3 is 0 Å². The molecule has 5 rings (SSSR count). The third-order valence-corrected chi connectivity index (χ3v) is 6.62. The Balaban J connectivity index is 1.52. The number of ether oxygens (including phenoxy) is 3. The largest absolute Gasteiger partial charge is 0.497 e. The summed E-state index contributed by atoms with van der Waals surface area (Å²) in [7, 11) is 3.11. The molecule has 1 atom stereocenters. The number of fused-ring (bicyclic) bond motifs is 1. The van der Waals surface area contributed by atoms with Gasteiger partial charge in [-0.1, -0.05) is 48.0 Å². The number of hydrogen-bond donors (Lipinski definition) is 2. The van der Waals surface area contributed by atoms with Gasteiger partial charge in [-0.15, -0.1) is 0 Å². The van der Waals surface area contributed by atoms with Crippen molar-refractivity contribution in [2.45, 2.75) is 19.6 Å².